The first-order chi connectivity index (χ1) is 13.4. The first-order valence-corrected chi connectivity index (χ1v) is 10.2. The molecule has 1 aromatic carbocycles. The van der Waals surface area contributed by atoms with Crippen LogP contribution in [0.15, 0.2) is 24.3 Å². The molecule has 0 saturated heterocycles. The number of carbonyl (C=O) groups excluding carboxylic acids is 1. The van der Waals surface area contributed by atoms with Crippen LogP contribution in [0.4, 0.5) is 5.13 Å². The number of benzene rings is 1. The van der Waals surface area contributed by atoms with Crippen LogP contribution in [0.25, 0.3) is 10.2 Å². The van der Waals surface area contributed by atoms with Crippen LogP contribution in [-0.2, 0) is 6.54 Å². The van der Waals surface area contributed by atoms with Gasteiger partial charge in [0, 0.05) is 13.1 Å². The molecule has 28 heavy (non-hydrogen) atoms. The fraction of sp³-hybridized carbons (Fsp3) is 0.450. The lowest BCUT2D eigenvalue weighted by atomic mass is 10.3. The number of thiazole rings is 1. The summed E-state index contributed by atoms with van der Waals surface area (Å²) in [4.78, 5) is 22.1. The maximum Gasteiger partial charge on any atom is 0.278 e. The van der Waals surface area contributed by atoms with E-state index in [1.54, 1.807) is 16.7 Å². The Bertz CT molecular complexity index is 963. The quantitative estimate of drug-likeness (QED) is 0.579. The first kappa shape index (κ1) is 20.3. The lowest BCUT2D eigenvalue weighted by Gasteiger charge is -2.21. The topological polar surface area (TPSA) is 63.5 Å². The van der Waals surface area contributed by atoms with E-state index in [1.807, 2.05) is 52.2 Å². The summed E-state index contributed by atoms with van der Waals surface area (Å²) in [6.45, 7) is 6.02. The summed E-state index contributed by atoms with van der Waals surface area (Å²) in [5.74, 6) is 0.648. The molecule has 0 spiro atoms. The minimum atomic E-state index is -0.0702. The largest absolute Gasteiger partial charge is 0.494 e. The van der Waals surface area contributed by atoms with Crippen LogP contribution in [-0.4, -0.2) is 59.9 Å². The van der Waals surface area contributed by atoms with Gasteiger partial charge in [0.2, 0.25) is 0 Å². The van der Waals surface area contributed by atoms with Crippen molar-refractivity contribution in [2.45, 2.75) is 26.8 Å². The Balaban J connectivity index is 2.00. The SMILES string of the molecule is CCn1nc(C)cc1C(=O)N(CCCN(C)C)c1nc2c(OC)cccc2s1. The average Bonchev–Trinajstić information content (AvgIpc) is 3.27. The summed E-state index contributed by atoms with van der Waals surface area (Å²) in [5, 5.41) is 5.11. The number of nitrogens with zero attached hydrogens (tertiary/aromatic N) is 5. The van der Waals surface area contributed by atoms with Crippen LogP contribution in [0.2, 0.25) is 0 Å². The van der Waals surface area contributed by atoms with Gasteiger partial charge in [0.05, 0.1) is 17.5 Å². The van der Waals surface area contributed by atoms with Crippen LogP contribution in [0, 0.1) is 6.92 Å². The zero-order chi connectivity index (χ0) is 20.3. The number of aryl methyl sites for hydroxylation is 2. The Morgan fingerprint density at radius 3 is 2.75 bits per heavy atom. The third-order valence-electron chi connectivity index (χ3n) is 4.47. The number of amides is 1. The monoisotopic (exact) mass is 401 g/mol. The van der Waals surface area contributed by atoms with Crippen molar-refractivity contribution < 1.29 is 9.53 Å². The second kappa shape index (κ2) is 8.70. The molecule has 0 unspecified atom stereocenters. The molecule has 150 valence electrons. The van der Waals surface area contributed by atoms with Gasteiger partial charge in [-0.2, -0.15) is 5.10 Å². The van der Waals surface area contributed by atoms with E-state index >= 15 is 0 Å². The van der Waals surface area contributed by atoms with Gasteiger partial charge >= 0.3 is 0 Å². The molecule has 7 nitrogen and oxygen atoms in total. The molecule has 1 amide bonds. The Morgan fingerprint density at radius 2 is 2.07 bits per heavy atom. The molecule has 2 heterocycles. The van der Waals surface area contributed by atoms with Gasteiger partial charge in [0.1, 0.15) is 17.0 Å². The number of fused-ring (bicyclic) bond motifs is 1. The van der Waals surface area contributed by atoms with Crippen molar-refractivity contribution in [3.8, 4) is 5.75 Å². The minimum absolute atomic E-state index is 0.0702. The average molecular weight is 402 g/mol. The Labute approximate surface area is 169 Å². The Hall–Kier alpha value is -2.45. The highest BCUT2D eigenvalue weighted by Crippen LogP contribution is 2.34. The normalized spacial score (nSPS) is 11.4. The molecule has 0 radical (unpaired) electrons. The van der Waals surface area contributed by atoms with E-state index in [1.165, 1.54) is 11.3 Å². The zero-order valence-corrected chi connectivity index (χ0v) is 17.9. The fourth-order valence-corrected chi connectivity index (χ4v) is 4.13. The summed E-state index contributed by atoms with van der Waals surface area (Å²) in [6.07, 6.45) is 0.852. The summed E-state index contributed by atoms with van der Waals surface area (Å²) in [7, 11) is 5.70. The van der Waals surface area contributed by atoms with Crippen LogP contribution in [0.3, 0.4) is 0 Å². The van der Waals surface area contributed by atoms with E-state index < -0.39 is 0 Å². The third kappa shape index (κ3) is 4.18. The minimum Gasteiger partial charge on any atom is -0.494 e. The van der Waals surface area contributed by atoms with E-state index in [2.05, 4.69) is 10.00 Å². The van der Waals surface area contributed by atoms with Crippen molar-refractivity contribution in [3.63, 3.8) is 0 Å². The predicted molar refractivity (Wildman–Crippen MR) is 114 cm³/mol. The van der Waals surface area contributed by atoms with E-state index in [-0.39, 0.29) is 5.91 Å². The molecule has 0 aliphatic rings. The molecule has 2 aromatic heterocycles. The van der Waals surface area contributed by atoms with Crippen molar-refractivity contribution in [3.05, 3.63) is 35.7 Å². The van der Waals surface area contributed by atoms with E-state index in [0.29, 0.717) is 23.9 Å². The Morgan fingerprint density at radius 1 is 1.29 bits per heavy atom. The van der Waals surface area contributed by atoms with Crippen molar-refractivity contribution in [1.82, 2.24) is 19.7 Å². The van der Waals surface area contributed by atoms with Gasteiger partial charge in [-0.15, -0.1) is 0 Å². The van der Waals surface area contributed by atoms with E-state index in [0.717, 1.165) is 34.6 Å². The van der Waals surface area contributed by atoms with Gasteiger partial charge < -0.3 is 9.64 Å². The molecule has 3 aromatic rings. The van der Waals surface area contributed by atoms with Crippen LogP contribution in [0.1, 0.15) is 29.5 Å². The van der Waals surface area contributed by atoms with Gasteiger partial charge in [-0.3, -0.25) is 14.4 Å². The fourth-order valence-electron chi connectivity index (χ4n) is 3.12. The summed E-state index contributed by atoms with van der Waals surface area (Å²) in [6, 6.07) is 7.68. The van der Waals surface area contributed by atoms with Crippen molar-refractivity contribution >= 4 is 32.6 Å². The van der Waals surface area contributed by atoms with Gasteiger partial charge in [-0.1, -0.05) is 17.4 Å². The number of rotatable bonds is 8. The molecule has 0 bridgehead atoms. The van der Waals surface area contributed by atoms with Crippen LogP contribution in [0.5, 0.6) is 5.75 Å². The maximum absolute atomic E-state index is 13.4. The lowest BCUT2D eigenvalue weighted by molar-refractivity contribution is 0.0975. The highest BCUT2D eigenvalue weighted by Gasteiger charge is 2.25. The number of para-hydroxylation sites is 1. The van der Waals surface area contributed by atoms with Crippen molar-refractivity contribution in [2.75, 3.05) is 39.2 Å². The second-order valence-electron chi connectivity index (χ2n) is 6.90. The van der Waals surface area contributed by atoms with Gasteiger partial charge in [0.15, 0.2) is 5.13 Å². The lowest BCUT2D eigenvalue weighted by Crippen LogP contribution is -2.34. The summed E-state index contributed by atoms with van der Waals surface area (Å²) < 4.78 is 8.19. The van der Waals surface area contributed by atoms with Crippen molar-refractivity contribution in [1.29, 1.82) is 0 Å². The molecular weight excluding hydrogens is 374 g/mol. The number of hydrogen-bond acceptors (Lipinski definition) is 6. The van der Waals surface area contributed by atoms with E-state index in [9.17, 15) is 4.79 Å². The van der Waals surface area contributed by atoms with Crippen LogP contribution >= 0.6 is 11.3 Å². The smallest absolute Gasteiger partial charge is 0.278 e. The highest BCUT2D eigenvalue weighted by molar-refractivity contribution is 7.22. The third-order valence-corrected chi connectivity index (χ3v) is 5.52. The summed E-state index contributed by atoms with van der Waals surface area (Å²) >= 11 is 1.51. The zero-order valence-electron chi connectivity index (χ0n) is 17.1. The number of carbonyl (C=O) groups is 1. The van der Waals surface area contributed by atoms with Gasteiger partial charge in [-0.05, 0) is 59.1 Å². The number of anilines is 1. The van der Waals surface area contributed by atoms with Gasteiger partial charge in [0.25, 0.3) is 5.91 Å². The molecule has 0 N–H and O–H groups in total. The molecule has 0 aliphatic carbocycles. The number of ether oxygens (including phenoxy) is 1. The standard InChI is InChI=1S/C20H27N5O2S/c1-6-25-15(13-14(2)22-25)19(26)24(12-8-11-23(3)4)20-21-18-16(27-5)9-7-10-17(18)28-20/h7,9-10,13H,6,8,11-12H2,1-5H3. The van der Waals surface area contributed by atoms with Crippen molar-refractivity contribution in [2.24, 2.45) is 0 Å². The maximum atomic E-state index is 13.4. The number of hydrogen-bond donors (Lipinski definition) is 0. The second-order valence-corrected chi connectivity index (χ2v) is 7.91. The summed E-state index contributed by atoms with van der Waals surface area (Å²) in [5.41, 5.74) is 2.22. The van der Waals surface area contributed by atoms with E-state index in [4.69, 9.17) is 9.72 Å². The molecule has 0 fully saturated rings. The van der Waals surface area contributed by atoms with Gasteiger partial charge in [-0.25, -0.2) is 4.98 Å². The molecule has 0 aliphatic heterocycles. The highest BCUT2D eigenvalue weighted by atomic mass is 32.1. The molecule has 8 heteroatoms. The molecule has 0 atom stereocenters. The molecule has 3 rings (SSSR count). The number of aromatic nitrogens is 3. The number of methoxy groups -OCH3 is 1. The Kier molecular flexibility index (Phi) is 6.31. The molecule has 0 saturated carbocycles. The predicted octanol–water partition coefficient (Wildman–Crippen LogP) is 3.43. The molecular formula is C20H27N5O2S. The van der Waals surface area contributed by atoms with Crippen LogP contribution < -0.4 is 9.64 Å². The first-order valence-electron chi connectivity index (χ1n) is 9.39.